The quantitative estimate of drug-likeness (QED) is 0.439. The van der Waals surface area contributed by atoms with E-state index in [1.165, 1.54) is 30.5 Å². The minimum Gasteiger partial charge on any atom is -0.493 e. The molecule has 2 aliphatic heterocycles. The Morgan fingerprint density at radius 2 is 1.92 bits per heavy atom. The number of aliphatic hydroxyl groups excluding tert-OH is 1. The molecule has 208 valence electrons. The second-order valence-corrected chi connectivity index (χ2v) is 14.2. The maximum absolute atomic E-state index is 12.3. The van der Waals surface area contributed by atoms with E-state index in [2.05, 4.69) is 24.0 Å². The number of hydrogen-bond donors (Lipinski definition) is 1. The van der Waals surface area contributed by atoms with Gasteiger partial charge in [0.25, 0.3) is 0 Å². The Morgan fingerprint density at radius 1 is 1.10 bits per heavy atom. The molecule has 5 nitrogen and oxygen atoms in total. The molecule has 2 heterocycles. The normalized spacial score (nSPS) is 40.3. The SMILES string of the molecule is COc1ccc2c3c1O[C@H]1[C@@]4(OC)CC[C@@]5(C[C@@]4(C)[C@H](O)c4ccc(Cl)c(Cl)c4)[C@@H](C2)N(CC2CC2)CC[C@]315. The molecule has 0 amide bonds. The average molecular weight is 571 g/mol. The monoisotopic (exact) mass is 569 g/mol. The van der Waals surface area contributed by atoms with E-state index in [1.54, 1.807) is 13.2 Å². The van der Waals surface area contributed by atoms with Crippen molar-refractivity contribution in [3.05, 3.63) is 57.1 Å². The summed E-state index contributed by atoms with van der Waals surface area (Å²) in [7, 11) is 3.56. The number of fused-ring (bicyclic) bond motifs is 2. The minimum absolute atomic E-state index is 0.0261. The highest BCUT2D eigenvalue weighted by atomic mass is 35.5. The molecule has 9 rings (SSSR count). The molecule has 0 unspecified atom stereocenters. The fourth-order valence-corrected chi connectivity index (χ4v) is 10.7. The highest BCUT2D eigenvalue weighted by Crippen LogP contribution is 2.80. The third-order valence-electron chi connectivity index (χ3n) is 12.2. The Morgan fingerprint density at radius 3 is 2.64 bits per heavy atom. The summed E-state index contributed by atoms with van der Waals surface area (Å²) in [4.78, 5) is 2.82. The van der Waals surface area contributed by atoms with Gasteiger partial charge in [0.05, 0.1) is 23.3 Å². The van der Waals surface area contributed by atoms with Gasteiger partial charge in [0, 0.05) is 41.5 Å². The number of methoxy groups -OCH3 is 2. The van der Waals surface area contributed by atoms with Crippen molar-refractivity contribution in [1.82, 2.24) is 4.90 Å². The lowest BCUT2D eigenvalue weighted by atomic mass is 9.31. The van der Waals surface area contributed by atoms with Crippen molar-refractivity contribution in [2.24, 2.45) is 16.7 Å². The van der Waals surface area contributed by atoms with Crippen LogP contribution in [0.15, 0.2) is 30.3 Å². The molecule has 5 fully saturated rings. The zero-order valence-corrected chi connectivity index (χ0v) is 24.4. The van der Waals surface area contributed by atoms with Gasteiger partial charge in [0.1, 0.15) is 11.7 Å². The van der Waals surface area contributed by atoms with E-state index < -0.39 is 17.1 Å². The average Bonchev–Trinajstić information content (AvgIpc) is 3.68. The Labute approximate surface area is 240 Å². The van der Waals surface area contributed by atoms with Crippen molar-refractivity contribution in [2.45, 2.75) is 81.1 Å². The summed E-state index contributed by atoms with van der Waals surface area (Å²) in [6.07, 6.45) is 6.60. The van der Waals surface area contributed by atoms with E-state index in [1.807, 2.05) is 19.2 Å². The fraction of sp³-hybridized carbons (Fsp3) is 0.625. The molecule has 4 saturated carbocycles. The van der Waals surface area contributed by atoms with Crippen LogP contribution in [0.5, 0.6) is 11.5 Å². The third kappa shape index (κ3) is 2.85. The van der Waals surface area contributed by atoms with Gasteiger partial charge in [-0.1, -0.05) is 42.3 Å². The molecule has 39 heavy (non-hydrogen) atoms. The summed E-state index contributed by atoms with van der Waals surface area (Å²) in [6, 6.07) is 10.3. The number of ether oxygens (including phenoxy) is 3. The van der Waals surface area contributed by atoms with Gasteiger partial charge < -0.3 is 19.3 Å². The maximum atomic E-state index is 12.3. The molecule has 1 saturated heterocycles. The number of rotatable bonds is 6. The van der Waals surface area contributed by atoms with Crippen molar-refractivity contribution in [2.75, 3.05) is 27.3 Å². The molecule has 2 aromatic rings. The zero-order valence-electron chi connectivity index (χ0n) is 22.9. The molecule has 7 atom stereocenters. The standard InChI is InChI=1S/C32H37Cl2NO4/c1-29(27(36)20-6-8-21(33)22(34)14-20)17-30-10-11-32(29,38-3)28-31(30)12-13-35(16-18-4-5-18)24(30)15-19-7-9-23(37-2)26(39-28)25(19)31/h6-9,14,18,24,27-28,36H,4-5,10-13,15-17H2,1-3H3/t24-,27-,28-,29+,30-,31+,32+/m1/s1. The van der Waals surface area contributed by atoms with E-state index in [0.29, 0.717) is 16.1 Å². The lowest BCUT2D eigenvalue weighted by Crippen LogP contribution is -2.83. The van der Waals surface area contributed by atoms with Gasteiger partial charge in [0.15, 0.2) is 11.5 Å². The van der Waals surface area contributed by atoms with Crippen LogP contribution in [0.2, 0.25) is 10.0 Å². The van der Waals surface area contributed by atoms with Gasteiger partial charge >= 0.3 is 0 Å². The molecule has 0 aromatic heterocycles. The van der Waals surface area contributed by atoms with Crippen LogP contribution in [-0.4, -0.2) is 55.1 Å². The van der Waals surface area contributed by atoms with Gasteiger partial charge in [-0.3, -0.25) is 4.90 Å². The largest absolute Gasteiger partial charge is 0.493 e. The zero-order chi connectivity index (χ0) is 26.9. The van der Waals surface area contributed by atoms with Gasteiger partial charge in [-0.05, 0) is 86.7 Å². The lowest BCUT2D eigenvalue weighted by molar-refractivity contribution is -0.324. The number of benzene rings is 2. The van der Waals surface area contributed by atoms with E-state index in [4.69, 9.17) is 37.4 Å². The highest BCUT2D eigenvalue weighted by molar-refractivity contribution is 6.42. The first-order chi connectivity index (χ1) is 18.7. The van der Waals surface area contributed by atoms with Gasteiger partial charge in [-0.15, -0.1) is 0 Å². The molecular weight excluding hydrogens is 533 g/mol. The number of likely N-dealkylation sites (tertiary alicyclic amines) is 1. The summed E-state index contributed by atoms with van der Waals surface area (Å²) in [5.74, 6) is 2.55. The van der Waals surface area contributed by atoms with E-state index in [-0.39, 0.29) is 16.9 Å². The second kappa shape index (κ2) is 8.07. The number of hydrogen-bond acceptors (Lipinski definition) is 5. The molecule has 2 spiro atoms. The fourth-order valence-electron chi connectivity index (χ4n) is 10.4. The van der Waals surface area contributed by atoms with Crippen molar-refractivity contribution in [1.29, 1.82) is 0 Å². The first kappa shape index (κ1) is 25.2. The molecule has 7 aliphatic rings. The summed E-state index contributed by atoms with van der Waals surface area (Å²) in [5.41, 5.74) is 2.12. The third-order valence-corrected chi connectivity index (χ3v) is 12.9. The van der Waals surface area contributed by atoms with Crippen LogP contribution in [0.1, 0.15) is 68.2 Å². The highest BCUT2D eigenvalue weighted by Gasteiger charge is 2.84. The van der Waals surface area contributed by atoms with Crippen molar-refractivity contribution in [3.8, 4) is 11.5 Å². The molecule has 5 aliphatic carbocycles. The number of aliphatic hydroxyl groups is 1. The Hall–Kier alpha value is -1.50. The van der Waals surface area contributed by atoms with Crippen LogP contribution in [0.3, 0.4) is 0 Å². The Balaban J connectivity index is 1.35. The van der Waals surface area contributed by atoms with Crippen LogP contribution in [-0.2, 0) is 16.6 Å². The van der Waals surface area contributed by atoms with Crippen LogP contribution in [0.4, 0.5) is 0 Å². The Kier molecular flexibility index (Phi) is 5.22. The predicted octanol–water partition coefficient (Wildman–Crippen LogP) is 6.35. The topological polar surface area (TPSA) is 51.2 Å². The second-order valence-electron chi connectivity index (χ2n) is 13.4. The summed E-state index contributed by atoms with van der Waals surface area (Å²) >= 11 is 12.7. The van der Waals surface area contributed by atoms with E-state index >= 15 is 0 Å². The summed E-state index contributed by atoms with van der Waals surface area (Å²) in [5, 5.41) is 13.3. The molecule has 4 bridgehead atoms. The van der Waals surface area contributed by atoms with Crippen LogP contribution in [0, 0.1) is 16.7 Å². The number of piperidine rings is 1. The van der Waals surface area contributed by atoms with Crippen LogP contribution >= 0.6 is 23.2 Å². The summed E-state index contributed by atoms with van der Waals surface area (Å²) in [6.45, 7) is 4.51. The molecule has 2 aromatic carbocycles. The molecular formula is C32H37Cl2NO4. The molecule has 1 N–H and O–H groups in total. The van der Waals surface area contributed by atoms with Crippen LogP contribution in [0.25, 0.3) is 0 Å². The number of nitrogens with zero attached hydrogens (tertiary/aromatic N) is 1. The minimum atomic E-state index is -0.782. The van der Waals surface area contributed by atoms with Crippen molar-refractivity contribution < 1.29 is 19.3 Å². The van der Waals surface area contributed by atoms with E-state index in [9.17, 15) is 5.11 Å². The van der Waals surface area contributed by atoms with Gasteiger partial charge in [-0.25, -0.2) is 0 Å². The Bertz CT molecular complexity index is 1380. The molecule has 7 heteroatoms. The smallest absolute Gasteiger partial charge is 0.165 e. The maximum Gasteiger partial charge on any atom is 0.165 e. The van der Waals surface area contributed by atoms with Crippen molar-refractivity contribution in [3.63, 3.8) is 0 Å². The van der Waals surface area contributed by atoms with Gasteiger partial charge in [0.2, 0.25) is 0 Å². The molecule has 0 radical (unpaired) electrons. The van der Waals surface area contributed by atoms with E-state index in [0.717, 1.165) is 61.6 Å². The summed E-state index contributed by atoms with van der Waals surface area (Å²) < 4.78 is 19.7. The first-order valence-corrected chi connectivity index (χ1v) is 15.3. The van der Waals surface area contributed by atoms with Crippen molar-refractivity contribution >= 4 is 23.2 Å². The predicted molar refractivity (Wildman–Crippen MR) is 151 cm³/mol. The number of halogens is 2. The first-order valence-electron chi connectivity index (χ1n) is 14.5. The lowest BCUT2D eigenvalue weighted by Gasteiger charge is -2.76. The van der Waals surface area contributed by atoms with Gasteiger partial charge in [-0.2, -0.15) is 0 Å². The van der Waals surface area contributed by atoms with Crippen LogP contribution < -0.4 is 9.47 Å².